The van der Waals surface area contributed by atoms with Gasteiger partial charge in [0.15, 0.2) is 0 Å². The van der Waals surface area contributed by atoms with E-state index < -0.39 is 42.5 Å². The van der Waals surface area contributed by atoms with E-state index in [4.69, 9.17) is 28.4 Å². The molecule has 1 N–H and O–H groups in total. The molecule has 5 amide bonds. The minimum atomic E-state index is -1.35. The number of hydrogen-bond acceptors (Lipinski definition) is 16. The number of hydrogen-bond donors (Lipinski definition) is 1. The van der Waals surface area contributed by atoms with Crippen molar-refractivity contribution >= 4 is 41.7 Å². The minimum absolute atomic E-state index is 0.0302. The maximum absolute atomic E-state index is 11.8. The maximum Gasteiger partial charge on any atom is 0.536 e. The van der Waals surface area contributed by atoms with Gasteiger partial charge in [0.1, 0.15) is 0 Å². The lowest BCUT2D eigenvalue weighted by Crippen LogP contribution is -2.35. The Morgan fingerprint density at radius 1 is 0.617 bits per heavy atom. The third-order valence-electron chi connectivity index (χ3n) is 5.91. The quantitative estimate of drug-likeness (QED) is 0.0459. The second-order valence-corrected chi connectivity index (χ2v) is 9.39. The van der Waals surface area contributed by atoms with Crippen LogP contribution >= 0.6 is 0 Å². The molecule has 47 heavy (non-hydrogen) atoms. The van der Waals surface area contributed by atoms with Crippen molar-refractivity contribution in [2.45, 2.75) is 25.7 Å². The van der Waals surface area contributed by atoms with E-state index in [-0.39, 0.29) is 58.0 Å². The molecule has 0 atom stereocenters. The van der Waals surface area contributed by atoms with Gasteiger partial charge in [-0.2, -0.15) is 0 Å². The molecule has 0 aromatic rings. The molecule has 0 aromatic heterocycles. The molecule has 0 radical (unpaired) electrons. The van der Waals surface area contributed by atoms with Gasteiger partial charge >= 0.3 is 12.1 Å². The summed E-state index contributed by atoms with van der Waals surface area (Å²) in [5.41, 5.74) is 0. The number of ether oxygens (including phenoxy) is 8. The number of rotatable bonds is 27. The van der Waals surface area contributed by atoms with Crippen LogP contribution in [0, 0.1) is 0 Å². The molecule has 0 unspecified atom stereocenters. The van der Waals surface area contributed by atoms with E-state index >= 15 is 0 Å². The minimum Gasteiger partial charge on any atom is -0.428 e. The zero-order chi connectivity index (χ0) is 34.1. The van der Waals surface area contributed by atoms with Crippen LogP contribution in [-0.2, 0) is 71.5 Å². The number of esters is 1. The Kier molecular flexibility index (Phi) is 20.2. The number of carbonyl (C=O) groups is 7. The molecule has 2 aliphatic rings. The molecule has 264 valence electrons. The van der Waals surface area contributed by atoms with Gasteiger partial charge in [0, 0.05) is 44.5 Å². The van der Waals surface area contributed by atoms with Gasteiger partial charge in [0.2, 0.25) is 12.7 Å². The monoisotopic (exact) mass is 675 g/mol. The highest BCUT2D eigenvalue weighted by atomic mass is 16.9. The third kappa shape index (κ3) is 18.1. The molecule has 19 nitrogen and oxygen atoms in total. The van der Waals surface area contributed by atoms with E-state index in [0.717, 1.165) is 4.90 Å². The molecule has 2 rings (SSSR count). The third-order valence-corrected chi connectivity index (χ3v) is 5.91. The Morgan fingerprint density at radius 3 is 1.60 bits per heavy atom. The topological polar surface area (TPSA) is 221 Å². The van der Waals surface area contributed by atoms with Gasteiger partial charge in [-0.3, -0.25) is 38.5 Å². The fraction of sp³-hybridized carbons (Fsp3) is 0.679. The van der Waals surface area contributed by atoms with Crippen molar-refractivity contribution in [2.24, 2.45) is 0 Å². The number of hydroxylamine groups is 2. The first kappa shape index (κ1) is 39.2. The molecule has 2 aliphatic heterocycles. The lowest BCUT2D eigenvalue weighted by atomic mass is 10.3. The Morgan fingerprint density at radius 2 is 1.09 bits per heavy atom. The molecule has 0 saturated carbocycles. The van der Waals surface area contributed by atoms with Crippen LogP contribution in [0.1, 0.15) is 25.7 Å². The van der Waals surface area contributed by atoms with Crippen molar-refractivity contribution in [3.05, 3.63) is 12.2 Å². The molecule has 0 aliphatic carbocycles. The highest BCUT2D eigenvalue weighted by molar-refractivity contribution is 6.13. The predicted molar refractivity (Wildman–Crippen MR) is 153 cm³/mol. The van der Waals surface area contributed by atoms with E-state index in [9.17, 15) is 33.6 Å². The second-order valence-electron chi connectivity index (χ2n) is 9.39. The first-order valence-electron chi connectivity index (χ1n) is 14.9. The van der Waals surface area contributed by atoms with Gasteiger partial charge in [-0.25, -0.2) is 4.79 Å². The van der Waals surface area contributed by atoms with Crippen LogP contribution in [-0.4, -0.2) is 151 Å². The fourth-order valence-corrected chi connectivity index (χ4v) is 3.55. The number of nitrogens with one attached hydrogen (secondary N) is 1. The van der Waals surface area contributed by atoms with Crippen molar-refractivity contribution in [2.75, 3.05) is 99.2 Å². The number of imide groups is 2. The van der Waals surface area contributed by atoms with Gasteiger partial charge in [-0.15, -0.1) is 0 Å². The average molecular weight is 676 g/mol. The SMILES string of the molecule is O=C(CCN1C(=O)C=CC1=O)NCCOCCOCCOCCOCCOCCOCCC(=O)OCOC(=O)ON1C(=O)CCC1=O. The predicted octanol–water partition coefficient (Wildman–Crippen LogP) is -1.37. The molecule has 0 aromatic carbocycles. The van der Waals surface area contributed by atoms with Crippen LogP contribution in [0.3, 0.4) is 0 Å². The van der Waals surface area contributed by atoms with E-state index in [2.05, 4.69) is 19.6 Å². The van der Waals surface area contributed by atoms with Crippen LogP contribution in [0.25, 0.3) is 0 Å². The summed E-state index contributed by atoms with van der Waals surface area (Å²) in [6.45, 7) is 3.46. The van der Waals surface area contributed by atoms with Gasteiger partial charge in [-0.05, 0) is 0 Å². The summed E-state index contributed by atoms with van der Waals surface area (Å²) in [4.78, 5) is 85.7. The first-order chi connectivity index (χ1) is 22.8. The van der Waals surface area contributed by atoms with Crippen LogP contribution in [0.4, 0.5) is 4.79 Å². The van der Waals surface area contributed by atoms with Crippen molar-refractivity contribution in [3.8, 4) is 0 Å². The molecule has 2 heterocycles. The molecule has 1 saturated heterocycles. The van der Waals surface area contributed by atoms with Gasteiger partial charge in [0.05, 0.1) is 85.7 Å². The lowest BCUT2D eigenvalue weighted by Gasteiger charge is -2.13. The number of amides is 5. The van der Waals surface area contributed by atoms with E-state index in [0.29, 0.717) is 71.1 Å². The summed E-state index contributed by atoms with van der Waals surface area (Å²) >= 11 is 0. The van der Waals surface area contributed by atoms with Crippen LogP contribution in [0.15, 0.2) is 12.2 Å². The standard InChI is InChI=1S/C28H41N3O16/c32-22(5-8-30-23(33)1-2-24(30)34)29-7-10-40-12-14-42-16-18-44-20-19-43-17-15-41-13-11-39-9-6-27(37)45-21-46-28(38)47-31-25(35)3-4-26(31)36/h1-2H,3-21H2,(H,29,32). The largest absolute Gasteiger partial charge is 0.536 e. The Hall–Kier alpha value is -4.01. The van der Waals surface area contributed by atoms with Crippen molar-refractivity contribution < 1.29 is 76.3 Å². The second kappa shape index (κ2) is 24.2. The van der Waals surface area contributed by atoms with Crippen molar-refractivity contribution in [1.29, 1.82) is 0 Å². The number of nitrogens with zero attached hydrogens (tertiary/aromatic N) is 2. The molecular formula is C28H41N3O16. The summed E-state index contributed by atoms with van der Waals surface area (Å²) in [6, 6.07) is 0. The maximum atomic E-state index is 11.8. The van der Waals surface area contributed by atoms with E-state index in [1.165, 1.54) is 12.2 Å². The molecule has 1 fully saturated rings. The summed E-state index contributed by atoms with van der Waals surface area (Å²) in [5.74, 6) is -3.12. The highest BCUT2D eigenvalue weighted by Gasteiger charge is 2.33. The van der Waals surface area contributed by atoms with Crippen LogP contribution in [0.2, 0.25) is 0 Å². The Labute approximate surface area is 270 Å². The summed E-state index contributed by atoms with van der Waals surface area (Å²) < 4.78 is 41.3. The molecule has 19 heteroatoms. The van der Waals surface area contributed by atoms with Crippen molar-refractivity contribution in [3.63, 3.8) is 0 Å². The molecule has 0 bridgehead atoms. The van der Waals surface area contributed by atoms with Crippen LogP contribution < -0.4 is 5.32 Å². The first-order valence-corrected chi connectivity index (χ1v) is 14.9. The summed E-state index contributed by atoms with van der Waals surface area (Å²) in [7, 11) is 0. The van der Waals surface area contributed by atoms with E-state index in [1.807, 2.05) is 0 Å². The van der Waals surface area contributed by atoms with Gasteiger partial charge < -0.3 is 43.2 Å². The Bertz CT molecular complexity index is 1030. The van der Waals surface area contributed by atoms with Crippen molar-refractivity contribution in [1.82, 2.24) is 15.3 Å². The summed E-state index contributed by atoms with van der Waals surface area (Å²) in [6.07, 6.45) is 0.828. The zero-order valence-electron chi connectivity index (χ0n) is 26.0. The average Bonchev–Trinajstić information content (AvgIpc) is 3.54. The smallest absolute Gasteiger partial charge is 0.428 e. The Balaban J connectivity index is 1.23. The van der Waals surface area contributed by atoms with Gasteiger partial charge in [-0.1, -0.05) is 5.06 Å². The lowest BCUT2D eigenvalue weighted by molar-refractivity contribution is -0.182. The fourth-order valence-electron chi connectivity index (χ4n) is 3.55. The summed E-state index contributed by atoms with van der Waals surface area (Å²) in [5, 5.41) is 2.96. The normalized spacial score (nSPS) is 14.3. The molecule has 0 spiro atoms. The van der Waals surface area contributed by atoms with Crippen LogP contribution in [0.5, 0.6) is 0 Å². The highest BCUT2D eigenvalue weighted by Crippen LogP contribution is 2.12. The number of carbonyl (C=O) groups excluding carboxylic acids is 7. The van der Waals surface area contributed by atoms with E-state index in [1.54, 1.807) is 0 Å². The zero-order valence-corrected chi connectivity index (χ0v) is 26.0. The van der Waals surface area contributed by atoms with Gasteiger partial charge in [0.25, 0.3) is 23.6 Å². The molecular weight excluding hydrogens is 634 g/mol.